The van der Waals surface area contributed by atoms with Gasteiger partial charge in [0.05, 0.1) is 6.10 Å². The monoisotopic (exact) mass is 581 g/mol. The molecule has 2 aromatic carbocycles. The molecule has 5 rings (SSSR count). The van der Waals surface area contributed by atoms with Crippen LogP contribution in [0.5, 0.6) is 0 Å². The van der Waals surface area contributed by atoms with Gasteiger partial charge >= 0.3 is 23.2 Å². The first-order chi connectivity index (χ1) is 19.0. The van der Waals surface area contributed by atoms with E-state index in [1.165, 1.54) is 22.3 Å². The molecule has 2 saturated heterocycles. The second-order valence-corrected chi connectivity index (χ2v) is 21.9. The minimum absolute atomic E-state index is 0.0475. The summed E-state index contributed by atoms with van der Waals surface area (Å²) in [6.07, 6.45) is -0.376. The lowest BCUT2D eigenvalue weighted by Crippen LogP contribution is -2.64. The summed E-state index contributed by atoms with van der Waals surface area (Å²) in [6.45, 7) is 19.9. The Morgan fingerprint density at radius 1 is 0.825 bits per heavy atom. The van der Waals surface area contributed by atoms with Crippen molar-refractivity contribution < 1.29 is 22.5 Å². The Kier molecular flexibility index (Phi) is 8.38. The number of nitrogens with zero attached hydrogens (tertiary/aromatic N) is 1. The molecule has 218 valence electrons. The third kappa shape index (κ3) is 5.00. The van der Waals surface area contributed by atoms with Gasteiger partial charge in [-0.15, -0.1) is 0 Å². The first-order valence-corrected chi connectivity index (χ1v) is 19.1. The van der Waals surface area contributed by atoms with Crippen LogP contribution in [-0.2, 0) is 17.7 Å². The summed E-state index contributed by atoms with van der Waals surface area (Å²) < 4.78 is 27.4. The first-order valence-electron chi connectivity index (χ1n) is 15.1. The van der Waals surface area contributed by atoms with Crippen molar-refractivity contribution >= 4 is 23.2 Å². The number of carbonyl (C=O) groups is 1. The molecule has 2 atom stereocenters. The van der Waals surface area contributed by atoms with Crippen molar-refractivity contribution in [3.8, 4) is 11.1 Å². The van der Waals surface area contributed by atoms with Crippen molar-refractivity contribution in [3.05, 3.63) is 59.7 Å². The zero-order valence-electron chi connectivity index (χ0n) is 25.5. The molecule has 0 bridgehead atoms. The summed E-state index contributed by atoms with van der Waals surface area (Å²) in [5, 5.41) is 0. The number of rotatable bonds is 6. The van der Waals surface area contributed by atoms with Crippen molar-refractivity contribution in [3.63, 3.8) is 0 Å². The maximum atomic E-state index is 13.5. The topological polar surface area (TPSA) is 57.2 Å². The van der Waals surface area contributed by atoms with Crippen LogP contribution in [0.2, 0.25) is 22.2 Å². The average Bonchev–Trinajstić information content (AvgIpc) is 3.45. The fourth-order valence-electron chi connectivity index (χ4n) is 7.16. The molecule has 1 aliphatic carbocycles. The van der Waals surface area contributed by atoms with Gasteiger partial charge in [0, 0.05) is 31.5 Å². The Bertz CT molecular complexity index is 1150. The van der Waals surface area contributed by atoms with Crippen molar-refractivity contribution in [2.75, 3.05) is 26.3 Å². The van der Waals surface area contributed by atoms with E-state index in [1.807, 2.05) is 4.90 Å². The summed E-state index contributed by atoms with van der Waals surface area (Å²) in [7, 11) is -5.28. The molecule has 0 aromatic heterocycles. The summed E-state index contributed by atoms with van der Waals surface area (Å²) in [4.78, 5) is 15.3. The van der Waals surface area contributed by atoms with E-state index in [-0.39, 0.29) is 35.1 Å². The van der Waals surface area contributed by atoms with Gasteiger partial charge in [-0.25, -0.2) is 4.79 Å². The maximum absolute atomic E-state index is 13.5. The minimum Gasteiger partial charge on any atom is -0.448 e. The maximum Gasteiger partial charge on any atom is 0.409 e. The van der Waals surface area contributed by atoms with Gasteiger partial charge in [-0.3, -0.25) is 0 Å². The number of hydrogen-bond acceptors (Lipinski definition) is 5. The fraction of sp³-hybridized carbons (Fsp3) is 0.594. The second-order valence-electron chi connectivity index (χ2n) is 13.1. The van der Waals surface area contributed by atoms with Crippen molar-refractivity contribution in [2.24, 2.45) is 5.92 Å². The molecule has 2 heterocycles. The molecule has 3 aliphatic rings. The smallest absolute Gasteiger partial charge is 0.409 e. The Morgan fingerprint density at radius 2 is 1.35 bits per heavy atom. The van der Waals surface area contributed by atoms with Crippen LogP contribution < -0.4 is 0 Å². The average molecular weight is 582 g/mol. The number of fused-ring (bicyclic) bond motifs is 4. The summed E-state index contributed by atoms with van der Waals surface area (Å²) >= 11 is 0. The number of benzene rings is 2. The molecule has 2 fully saturated rings. The largest absolute Gasteiger partial charge is 0.448 e. The summed E-state index contributed by atoms with van der Waals surface area (Å²) in [5.74, 6) is 0.157. The van der Waals surface area contributed by atoms with Gasteiger partial charge in [-0.05, 0) is 44.4 Å². The Labute approximate surface area is 242 Å². The van der Waals surface area contributed by atoms with Gasteiger partial charge in [0.1, 0.15) is 6.61 Å². The second kappa shape index (κ2) is 11.4. The van der Waals surface area contributed by atoms with Gasteiger partial charge < -0.3 is 22.6 Å². The highest BCUT2D eigenvalue weighted by molar-refractivity contribution is 6.83. The van der Waals surface area contributed by atoms with Crippen LogP contribution in [0.4, 0.5) is 4.79 Å². The highest BCUT2D eigenvalue weighted by Crippen LogP contribution is 2.48. The van der Waals surface area contributed by atoms with Crippen LogP contribution in [0.3, 0.4) is 0 Å². The van der Waals surface area contributed by atoms with Gasteiger partial charge in [0.25, 0.3) is 0 Å². The fourth-order valence-corrected chi connectivity index (χ4v) is 18.4. The molecule has 0 radical (unpaired) electrons. The molecule has 0 unspecified atom stereocenters. The van der Waals surface area contributed by atoms with E-state index in [1.54, 1.807) is 0 Å². The predicted octanol–water partition coefficient (Wildman–Crippen LogP) is 7.82. The first kappa shape index (κ1) is 29.5. The van der Waals surface area contributed by atoms with E-state index in [9.17, 15) is 4.79 Å². The molecule has 2 aliphatic heterocycles. The molecule has 0 saturated carbocycles. The number of hydrogen-bond donors (Lipinski definition) is 0. The van der Waals surface area contributed by atoms with Gasteiger partial charge in [-0.1, -0.05) is 104 Å². The Hall–Kier alpha value is -1.98. The third-order valence-electron chi connectivity index (χ3n) is 9.37. The predicted molar refractivity (Wildman–Crippen MR) is 164 cm³/mol. The zero-order chi connectivity index (χ0) is 28.8. The molecule has 8 heteroatoms. The van der Waals surface area contributed by atoms with E-state index in [2.05, 4.69) is 104 Å². The lowest BCUT2D eigenvalue weighted by Gasteiger charge is -2.51. The summed E-state index contributed by atoms with van der Waals surface area (Å²) in [5.41, 5.74) is 6.05. The van der Waals surface area contributed by atoms with E-state index in [0.717, 1.165) is 0 Å². The Balaban J connectivity index is 1.35. The van der Waals surface area contributed by atoms with E-state index >= 15 is 0 Å². The highest BCUT2D eigenvalue weighted by atomic mass is 28.5. The van der Waals surface area contributed by atoms with Crippen LogP contribution in [0.25, 0.3) is 11.1 Å². The van der Waals surface area contributed by atoms with Gasteiger partial charge in [0.15, 0.2) is 0 Å². The van der Waals surface area contributed by atoms with Gasteiger partial charge in [0.2, 0.25) is 0 Å². The third-order valence-corrected chi connectivity index (χ3v) is 19.7. The van der Waals surface area contributed by atoms with Crippen molar-refractivity contribution in [1.82, 2.24) is 4.90 Å². The molecular formula is C32H47NO5Si2. The normalized spacial score (nSPS) is 23.8. The molecule has 1 amide bonds. The number of amides is 1. The van der Waals surface area contributed by atoms with Crippen LogP contribution in [0.1, 0.15) is 72.4 Å². The molecular weight excluding hydrogens is 535 g/mol. The van der Waals surface area contributed by atoms with E-state index in [0.29, 0.717) is 37.4 Å². The van der Waals surface area contributed by atoms with Crippen molar-refractivity contribution in [1.29, 1.82) is 0 Å². The lowest BCUT2D eigenvalue weighted by atomic mass is 9.98. The van der Waals surface area contributed by atoms with Crippen LogP contribution >= 0.6 is 0 Å². The zero-order valence-corrected chi connectivity index (χ0v) is 27.5. The van der Waals surface area contributed by atoms with Crippen LogP contribution in [-0.4, -0.2) is 60.5 Å². The van der Waals surface area contributed by atoms with Crippen LogP contribution in [0.15, 0.2) is 48.5 Å². The number of likely N-dealkylation sites (tertiary alicyclic amines) is 1. The lowest BCUT2D eigenvalue weighted by molar-refractivity contribution is 0.0449. The quantitative estimate of drug-likeness (QED) is 0.326. The minimum atomic E-state index is -2.69. The molecule has 40 heavy (non-hydrogen) atoms. The standard InChI is InChI=1S/C32H47NO5Si2/c1-21(2)39(22(3)4)36-19-25-17-33(18-31(25)37-40(38-39,23(5)6)24(7)8)32(34)35-20-30-28-15-11-9-13-26(28)27-14-10-12-16-29(27)30/h9-16,21-25,30-31H,17-20H2,1-8H3/t25-,31+/m1/s1. The summed E-state index contributed by atoms with van der Waals surface area (Å²) in [6, 6.07) is 16.9. The SMILES string of the molecule is CC(C)[Si]1(C(C)C)OC[C@H]2CN(C(=O)OCC3c4ccccc4-c4ccccc43)C[C@@H]2O[Si](C(C)C)(C(C)C)O1. The number of ether oxygens (including phenoxy) is 1. The van der Waals surface area contributed by atoms with E-state index in [4.69, 9.17) is 17.7 Å². The molecule has 0 N–H and O–H groups in total. The van der Waals surface area contributed by atoms with Crippen molar-refractivity contribution in [2.45, 2.75) is 89.6 Å². The Morgan fingerprint density at radius 3 is 1.88 bits per heavy atom. The molecule has 6 nitrogen and oxygen atoms in total. The van der Waals surface area contributed by atoms with Gasteiger partial charge in [-0.2, -0.15) is 0 Å². The molecule has 2 aromatic rings. The van der Waals surface area contributed by atoms with E-state index < -0.39 is 17.1 Å². The molecule has 0 spiro atoms. The highest BCUT2D eigenvalue weighted by Gasteiger charge is 2.59. The van der Waals surface area contributed by atoms with Crippen LogP contribution in [0, 0.1) is 5.92 Å². The number of carbonyl (C=O) groups excluding carboxylic acids is 1.